The summed E-state index contributed by atoms with van der Waals surface area (Å²) in [5.74, 6) is 0. The summed E-state index contributed by atoms with van der Waals surface area (Å²) in [4.78, 5) is 2.38. The lowest BCUT2D eigenvalue weighted by Gasteiger charge is -2.11. The molecular formula is C72H44N2OS2. The molecule has 0 saturated carbocycles. The fourth-order valence-electron chi connectivity index (χ4n) is 12.0. The van der Waals surface area contributed by atoms with Gasteiger partial charge in [-0.15, -0.1) is 11.3 Å². The first kappa shape index (κ1) is 44.0. The molecular weight excluding hydrogens is 973 g/mol. The van der Waals surface area contributed by atoms with Crippen LogP contribution in [0.25, 0.3) is 142 Å². The summed E-state index contributed by atoms with van der Waals surface area (Å²) in [5, 5.41) is 9.81. The first-order valence-electron chi connectivity index (χ1n) is 26.1. The smallest absolute Gasteiger partial charge is 0.143 e. The van der Waals surface area contributed by atoms with Gasteiger partial charge < -0.3 is 13.6 Å². The van der Waals surface area contributed by atoms with Gasteiger partial charge in [0.1, 0.15) is 11.2 Å². The zero-order valence-corrected chi connectivity index (χ0v) is 43.2. The molecule has 0 fully saturated rings. The third-order valence-corrected chi connectivity index (χ3v) is 17.8. The van der Waals surface area contributed by atoms with Crippen LogP contribution in [-0.4, -0.2) is 9.13 Å². The normalized spacial score (nSPS) is 11.9. The molecule has 16 rings (SSSR count). The Kier molecular flexibility index (Phi) is 10.1. The summed E-state index contributed by atoms with van der Waals surface area (Å²) in [6.07, 6.45) is 0. The van der Waals surface area contributed by atoms with Gasteiger partial charge in [-0.1, -0.05) is 182 Å². The maximum Gasteiger partial charge on any atom is 0.143 e. The van der Waals surface area contributed by atoms with Crippen LogP contribution in [0.2, 0.25) is 0 Å². The van der Waals surface area contributed by atoms with E-state index in [-0.39, 0.29) is 0 Å². The van der Waals surface area contributed by atoms with Crippen LogP contribution in [0.1, 0.15) is 0 Å². The molecule has 4 aromatic heterocycles. The number of rotatable bonds is 8. The van der Waals surface area contributed by atoms with Gasteiger partial charge >= 0.3 is 0 Å². The second kappa shape index (κ2) is 17.6. The Bertz CT molecular complexity index is 4670. The maximum absolute atomic E-state index is 6.46. The average Bonchev–Trinajstić information content (AvgIpc) is 4.42. The van der Waals surface area contributed by atoms with Crippen molar-refractivity contribution >= 4 is 109 Å². The molecule has 0 bridgehead atoms. The highest BCUT2D eigenvalue weighted by Crippen LogP contribution is 2.44. The third-order valence-electron chi connectivity index (χ3n) is 15.6. The van der Waals surface area contributed by atoms with Crippen molar-refractivity contribution in [2.24, 2.45) is 0 Å². The number of hydrogen-bond donors (Lipinski definition) is 0. The molecule has 0 unspecified atom stereocenters. The monoisotopic (exact) mass is 1020 g/mol. The minimum atomic E-state index is 0.907. The van der Waals surface area contributed by atoms with E-state index in [0.717, 1.165) is 44.4 Å². The minimum Gasteiger partial charge on any atom is -0.455 e. The lowest BCUT2D eigenvalue weighted by atomic mass is 10.0. The van der Waals surface area contributed by atoms with E-state index in [1.807, 2.05) is 35.2 Å². The van der Waals surface area contributed by atoms with Crippen molar-refractivity contribution in [3.8, 4) is 55.9 Å². The number of aromatic nitrogens is 2. The summed E-state index contributed by atoms with van der Waals surface area (Å²) in [5.41, 5.74) is 18.3. The van der Waals surface area contributed by atoms with Gasteiger partial charge in [-0.25, -0.2) is 0 Å². The van der Waals surface area contributed by atoms with Crippen LogP contribution in [0, 0.1) is 0 Å². The maximum atomic E-state index is 6.46. The van der Waals surface area contributed by atoms with E-state index in [1.54, 1.807) is 0 Å². The molecule has 360 valence electrons. The van der Waals surface area contributed by atoms with Gasteiger partial charge in [-0.2, -0.15) is 0 Å². The Morgan fingerprint density at radius 2 is 0.753 bits per heavy atom. The molecule has 16 aromatic rings. The quantitative estimate of drug-likeness (QED) is 0.151. The van der Waals surface area contributed by atoms with Crippen molar-refractivity contribution < 1.29 is 4.42 Å². The van der Waals surface area contributed by atoms with Crippen molar-refractivity contribution in [2.75, 3.05) is 0 Å². The zero-order chi connectivity index (χ0) is 50.6. The Hall–Kier alpha value is -9.39. The van der Waals surface area contributed by atoms with Crippen LogP contribution in [-0.2, 0) is 0 Å². The zero-order valence-electron chi connectivity index (χ0n) is 41.5. The predicted molar refractivity (Wildman–Crippen MR) is 328 cm³/mol. The van der Waals surface area contributed by atoms with Crippen LogP contribution < -0.4 is 0 Å². The third kappa shape index (κ3) is 7.19. The lowest BCUT2D eigenvalue weighted by Crippen LogP contribution is -1.94. The van der Waals surface area contributed by atoms with Gasteiger partial charge in [-0.05, 0) is 136 Å². The number of furan rings is 1. The van der Waals surface area contributed by atoms with E-state index in [9.17, 15) is 0 Å². The molecule has 4 heterocycles. The Balaban J connectivity index is 0.797. The molecule has 77 heavy (non-hydrogen) atoms. The van der Waals surface area contributed by atoms with Crippen molar-refractivity contribution in [3.05, 3.63) is 267 Å². The number of fused-ring (bicyclic) bond motifs is 12. The van der Waals surface area contributed by atoms with E-state index in [2.05, 4.69) is 264 Å². The fourth-order valence-corrected chi connectivity index (χ4v) is 14.1. The fraction of sp³-hybridized carbons (Fsp3) is 0. The Labute approximate surface area is 452 Å². The topological polar surface area (TPSA) is 23.0 Å². The van der Waals surface area contributed by atoms with E-state index in [1.165, 1.54) is 107 Å². The van der Waals surface area contributed by atoms with Crippen molar-refractivity contribution in [3.63, 3.8) is 0 Å². The molecule has 5 heteroatoms. The van der Waals surface area contributed by atoms with Crippen LogP contribution in [0.4, 0.5) is 0 Å². The molecule has 0 aliphatic rings. The Morgan fingerprint density at radius 1 is 0.299 bits per heavy atom. The van der Waals surface area contributed by atoms with Crippen LogP contribution >= 0.6 is 23.1 Å². The van der Waals surface area contributed by atoms with Gasteiger partial charge in [0.05, 0.1) is 22.1 Å². The highest BCUT2D eigenvalue weighted by atomic mass is 32.2. The van der Waals surface area contributed by atoms with Crippen molar-refractivity contribution in [2.45, 2.75) is 9.79 Å². The van der Waals surface area contributed by atoms with Crippen LogP contribution in [0.5, 0.6) is 0 Å². The van der Waals surface area contributed by atoms with E-state index >= 15 is 0 Å². The summed E-state index contributed by atoms with van der Waals surface area (Å²) < 4.78 is 14.0. The molecule has 0 aliphatic heterocycles. The van der Waals surface area contributed by atoms with E-state index < -0.39 is 0 Å². The first-order chi connectivity index (χ1) is 38.1. The molecule has 3 nitrogen and oxygen atoms in total. The van der Waals surface area contributed by atoms with Gasteiger partial charge in [0, 0.05) is 79.2 Å². The Morgan fingerprint density at radius 3 is 1.35 bits per heavy atom. The highest BCUT2D eigenvalue weighted by molar-refractivity contribution is 7.99. The van der Waals surface area contributed by atoms with Crippen LogP contribution in [0.15, 0.2) is 281 Å². The second-order valence-corrected chi connectivity index (χ2v) is 22.2. The summed E-state index contributed by atoms with van der Waals surface area (Å²) in [7, 11) is 0. The molecule has 0 amide bonds. The number of hydrogen-bond acceptors (Lipinski definition) is 3. The number of thiophene rings is 1. The summed E-state index contributed by atoms with van der Waals surface area (Å²) in [6, 6.07) is 97.7. The molecule has 0 spiro atoms. The first-order valence-corrected chi connectivity index (χ1v) is 27.8. The number of para-hydroxylation sites is 2. The molecule has 0 saturated heterocycles. The average molecular weight is 1020 g/mol. The molecule has 12 aromatic carbocycles. The number of nitrogens with zero attached hydrogens (tertiary/aromatic N) is 2. The van der Waals surface area contributed by atoms with E-state index in [4.69, 9.17) is 4.42 Å². The molecule has 0 aliphatic carbocycles. The van der Waals surface area contributed by atoms with Gasteiger partial charge in [-0.3, -0.25) is 0 Å². The van der Waals surface area contributed by atoms with Gasteiger partial charge in [0.2, 0.25) is 0 Å². The van der Waals surface area contributed by atoms with Crippen LogP contribution in [0.3, 0.4) is 0 Å². The second-order valence-electron chi connectivity index (χ2n) is 20.0. The summed E-state index contributed by atoms with van der Waals surface area (Å²) in [6.45, 7) is 0. The number of benzene rings is 12. The van der Waals surface area contributed by atoms with Crippen molar-refractivity contribution in [1.29, 1.82) is 0 Å². The standard InChI is InChI=1S/C72H44N2OS2/c1-3-13-45(14-4-1)49-29-37-65-61(41-49)63-43-53(35-39-67(63)73(65)51-31-25-47(26-32-51)55-19-11-21-59-57-17-7-9-23-69(57)75-71(55)59)76-54-36-40-68-64(44-54)62-42-50(46-15-5-2-6-16-46)30-38-66(62)74(68)52-33-27-48(28-34-52)56-20-12-22-60-58-18-8-10-24-70(58)77-72(56)60/h1-44H. The lowest BCUT2D eigenvalue weighted by molar-refractivity contribution is 0.670. The predicted octanol–water partition coefficient (Wildman–Crippen LogP) is 21.0. The molecule has 0 atom stereocenters. The van der Waals surface area contributed by atoms with E-state index in [0.29, 0.717) is 0 Å². The van der Waals surface area contributed by atoms with Crippen molar-refractivity contribution in [1.82, 2.24) is 9.13 Å². The van der Waals surface area contributed by atoms with Gasteiger partial charge in [0.15, 0.2) is 0 Å². The molecule has 0 N–H and O–H groups in total. The minimum absolute atomic E-state index is 0.907. The summed E-state index contributed by atoms with van der Waals surface area (Å²) >= 11 is 3.70. The highest BCUT2D eigenvalue weighted by Gasteiger charge is 2.19. The van der Waals surface area contributed by atoms with Gasteiger partial charge in [0.25, 0.3) is 0 Å². The largest absolute Gasteiger partial charge is 0.455 e. The SMILES string of the molecule is c1ccc(-c2ccc3c(c2)c2cc(Sc4ccc5c(c4)c4cc(-c6ccccc6)ccc4n5-c4ccc(-c5cccc6c5sc5ccccc56)cc4)ccc2n3-c2ccc(-c3cccc4c3oc3ccccc34)cc2)cc1. The molecule has 0 radical (unpaired) electrons.